The molecular weight excluding hydrogens is 1120 g/mol. The highest BCUT2D eigenvalue weighted by atomic mass is 32.3. The first-order valence-corrected chi connectivity index (χ1v) is 32.5. The lowest BCUT2D eigenvalue weighted by atomic mass is 9.94. The molecule has 5 aromatic rings. The topological polar surface area (TPSA) is 244 Å². The number of aliphatic hydroxyl groups is 2. The molecule has 0 spiro atoms. The van der Waals surface area contributed by atoms with E-state index in [4.69, 9.17) is 60.7 Å². The van der Waals surface area contributed by atoms with Gasteiger partial charge in [-0.15, -0.1) is 0 Å². The molecule has 3 saturated heterocycles. The first-order chi connectivity index (χ1) is 40.2. The van der Waals surface area contributed by atoms with Crippen LogP contribution in [-0.4, -0.2) is 150 Å². The molecule has 15 atom stereocenters. The zero-order valence-corrected chi connectivity index (χ0v) is 50.6. The van der Waals surface area contributed by atoms with Crippen molar-refractivity contribution in [2.24, 2.45) is 0 Å². The minimum absolute atomic E-state index is 0.0596. The van der Waals surface area contributed by atoms with Crippen molar-refractivity contribution in [3.63, 3.8) is 0 Å². The Hall–Kier alpha value is -5.06. The molecule has 3 aliphatic heterocycles. The third-order valence-electron chi connectivity index (χ3n) is 15.4. The Morgan fingerprint density at radius 3 is 1.55 bits per heavy atom. The third-order valence-corrected chi connectivity index (χ3v) is 20.4. The van der Waals surface area contributed by atoms with E-state index in [0.29, 0.717) is 11.3 Å². The smallest absolute Gasteiger partial charge is 0.397 e. The molecule has 22 heteroatoms. The van der Waals surface area contributed by atoms with Gasteiger partial charge in [-0.2, -0.15) is 8.42 Å². The standard InChI is InChI=1S/C62H81NO19SSi/c1-40-53(72-34-43-23-15-10-16-24-43)57(73-35-44-25-17-11-18-26-44)58(74-36-45-27-19-12-20-28-45)61(77-40)80-54-49(38-71-33-42-21-13-9-14-22-42)79-59(75-37-46-29-31-47(70-6)32-30-46)50(63-41(2)64)55(54)81-60-52(66)56(82-83(67,68)69)51(65)48(78-60)39-76-84(7,8)62(3,4)5/h9-32,40,48-61,65-66H,33-39H2,1-8H3,(H,63,64)(H,67,68,69)/t40-,48+,49+,50+,51-,52+,53+,54+,55+,56-,57+,58-,59+,60-,61-/m0/s1. The van der Waals surface area contributed by atoms with Crippen LogP contribution in [0.3, 0.4) is 0 Å². The van der Waals surface area contributed by atoms with E-state index >= 15 is 0 Å². The summed E-state index contributed by atoms with van der Waals surface area (Å²) >= 11 is 0. The molecule has 1 amide bonds. The molecule has 0 bridgehead atoms. The van der Waals surface area contributed by atoms with Gasteiger partial charge < -0.3 is 72.1 Å². The minimum atomic E-state index is -5.33. The maximum Gasteiger partial charge on any atom is 0.397 e. The minimum Gasteiger partial charge on any atom is -0.497 e. The molecular formula is C62H81NO19SSi. The quantitative estimate of drug-likeness (QED) is 0.0292. The molecule has 0 radical (unpaired) electrons. The molecule has 5 aromatic carbocycles. The second-order valence-corrected chi connectivity index (χ2v) is 28.6. The Kier molecular flexibility index (Phi) is 23.2. The van der Waals surface area contributed by atoms with Crippen LogP contribution in [0, 0.1) is 0 Å². The number of aliphatic hydroxyl groups excluding tert-OH is 2. The molecule has 0 aliphatic carbocycles. The summed E-state index contributed by atoms with van der Waals surface area (Å²) in [6.07, 6.45) is -19.7. The summed E-state index contributed by atoms with van der Waals surface area (Å²) in [5.41, 5.74) is 4.16. The highest BCUT2D eigenvalue weighted by Gasteiger charge is 2.57. The molecule has 0 aromatic heterocycles. The highest BCUT2D eigenvalue weighted by molar-refractivity contribution is 7.80. The van der Waals surface area contributed by atoms with Crippen molar-refractivity contribution >= 4 is 24.6 Å². The van der Waals surface area contributed by atoms with Gasteiger partial charge in [0.05, 0.1) is 59.5 Å². The zero-order chi connectivity index (χ0) is 60.0. The van der Waals surface area contributed by atoms with Crippen molar-refractivity contribution in [2.45, 2.75) is 178 Å². The van der Waals surface area contributed by atoms with Crippen LogP contribution in [0.4, 0.5) is 0 Å². The van der Waals surface area contributed by atoms with Crippen molar-refractivity contribution in [3.8, 4) is 5.75 Å². The third kappa shape index (κ3) is 18.0. The Balaban J connectivity index is 1.24. The molecule has 0 saturated carbocycles. The molecule has 458 valence electrons. The second kappa shape index (κ2) is 30.0. The second-order valence-electron chi connectivity index (χ2n) is 22.7. The number of amides is 1. The van der Waals surface area contributed by atoms with Crippen LogP contribution < -0.4 is 10.1 Å². The monoisotopic (exact) mass is 1200 g/mol. The SMILES string of the molecule is COc1ccc(CO[C@@H]2O[C@H](COCc3ccccc3)[C@@H](O[C@@H]3O[C@@H](C)[C@@H](OCc4ccccc4)[C@@H](OCc4ccccc4)[C@@H]3OCc3ccccc3)[C@H](O[C@@H]3O[C@H](CO[Si](C)(C)C(C)(C)C)[C@H](O)[C@H](OS(=O)(=O)O)[C@H]3O)[C@H]2NC(C)=O)cc1. The number of carbonyl (C=O) groups excluding carboxylic acids is 1. The summed E-state index contributed by atoms with van der Waals surface area (Å²) in [4.78, 5) is 13.6. The molecule has 84 heavy (non-hydrogen) atoms. The van der Waals surface area contributed by atoms with E-state index in [0.717, 1.165) is 22.3 Å². The first-order valence-electron chi connectivity index (χ1n) is 28.2. The number of rotatable bonds is 27. The number of ether oxygens (including phenoxy) is 11. The van der Waals surface area contributed by atoms with E-state index in [1.54, 1.807) is 31.4 Å². The average Bonchev–Trinajstić information content (AvgIpc) is 3.58. The summed E-state index contributed by atoms with van der Waals surface area (Å²) in [5, 5.41) is 26.6. The number of benzene rings is 5. The maximum atomic E-state index is 13.6. The lowest BCUT2D eigenvalue weighted by molar-refractivity contribution is -0.379. The lowest BCUT2D eigenvalue weighted by Crippen LogP contribution is -2.70. The van der Waals surface area contributed by atoms with Crippen LogP contribution in [0.5, 0.6) is 5.75 Å². The van der Waals surface area contributed by atoms with Crippen LogP contribution >= 0.6 is 0 Å². The van der Waals surface area contributed by atoms with Gasteiger partial charge in [-0.05, 0) is 65.0 Å². The van der Waals surface area contributed by atoms with Gasteiger partial charge in [-0.1, -0.05) is 154 Å². The Bertz CT molecular complexity index is 2880. The van der Waals surface area contributed by atoms with E-state index in [9.17, 15) is 28.0 Å². The Labute approximate surface area is 493 Å². The number of hydrogen-bond donors (Lipinski definition) is 4. The Morgan fingerprint density at radius 2 is 1.04 bits per heavy atom. The van der Waals surface area contributed by atoms with Crippen LogP contribution in [-0.2, 0) is 104 Å². The van der Waals surface area contributed by atoms with Gasteiger partial charge in [0.25, 0.3) is 0 Å². The number of carbonyl (C=O) groups is 1. The summed E-state index contributed by atoms with van der Waals surface area (Å²) in [7, 11) is -6.38. The predicted octanol–water partition coefficient (Wildman–Crippen LogP) is 7.59. The summed E-state index contributed by atoms with van der Waals surface area (Å²) in [6, 6.07) is 44.1. The number of hydrogen-bond acceptors (Lipinski definition) is 18. The average molecular weight is 1200 g/mol. The largest absolute Gasteiger partial charge is 0.497 e. The summed E-state index contributed by atoms with van der Waals surface area (Å²) in [5.74, 6) is 0.0568. The number of methoxy groups -OCH3 is 1. The van der Waals surface area contributed by atoms with E-state index in [2.05, 4.69) is 5.32 Å². The van der Waals surface area contributed by atoms with Gasteiger partial charge in [-0.3, -0.25) is 9.35 Å². The van der Waals surface area contributed by atoms with Crippen LogP contribution in [0.1, 0.15) is 62.4 Å². The van der Waals surface area contributed by atoms with Crippen LogP contribution in [0.15, 0.2) is 146 Å². The summed E-state index contributed by atoms with van der Waals surface area (Å²) < 4.78 is 120. The van der Waals surface area contributed by atoms with E-state index in [-0.39, 0.29) is 51.3 Å². The fourth-order valence-corrected chi connectivity index (χ4v) is 11.4. The molecule has 0 unspecified atom stereocenters. The van der Waals surface area contributed by atoms with Crippen molar-refractivity contribution in [2.75, 3.05) is 20.3 Å². The molecule has 3 heterocycles. The van der Waals surface area contributed by atoms with Gasteiger partial charge in [0, 0.05) is 6.92 Å². The summed E-state index contributed by atoms with van der Waals surface area (Å²) in [6.45, 7) is 13.1. The van der Waals surface area contributed by atoms with Gasteiger partial charge in [0.2, 0.25) is 5.91 Å². The van der Waals surface area contributed by atoms with Gasteiger partial charge in [0.15, 0.2) is 27.2 Å². The van der Waals surface area contributed by atoms with E-state index in [1.807, 2.05) is 162 Å². The number of nitrogens with one attached hydrogen (secondary N) is 1. The fourth-order valence-electron chi connectivity index (χ4n) is 9.86. The molecule has 8 rings (SSSR count). The van der Waals surface area contributed by atoms with Crippen molar-refractivity contribution < 1.29 is 88.7 Å². The van der Waals surface area contributed by atoms with Gasteiger partial charge in [-0.25, -0.2) is 4.18 Å². The van der Waals surface area contributed by atoms with Gasteiger partial charge in [0.1, 0.15) is 72.8 Å². The van der Waals surface area contributed by atoms with Crippen molar-refractivity contribution in [1.82, 2.24) is 5.32 Å². The fraction of sp³-hybridized carbons (Fsp3) is 0.500. The Morgan fingerprint density at radius 1 is 0.560 bits per heavy atom. The maximum absolute atomic E-state index is 13.6. The normalized spacial score (nSPS) is 28.6. The lowest BCUT2D eigenvalue weighted by Gasteiger charge is -2.51. The van der Waals surface area contributed by atoms with E-state index < -0.39 is 117 Å². The highest BCUT2D eigenvalue weighted by Crippen LogP contribution is 2.40. The molecule has 20 nitrogen and oxygen atoms in total. The first kappa shape index (κ1) is 64.9. The predicted molar refractivity (Wildman–Crippen MR) is 310 cm³/mol. The molecule has 3 fully saturated rings. The van der Waals surface area contributed by atoms with Crippen LogP contribution in [0.2, 0.25) is 18.1 Å². The van der Waals surface area contributed by atoms with Crippen molar-refractivity contribution in [1.29, 1.82) is 0 Å². The molecule has 4 N–H and O–H groups in total. The van der Waals surface area contributed by atoms with Gasteiger partial charge >= 0.3 is 10.4 Å². The van der Waals surface area contributed by atoms with Crippen LogP contribution in [0.25, 0.3) is 0 Å². The zero-order valence-electron chi connectivity index (χ0n) is 48.7. The molecule has 3 aliphatic rings. The van der Waals surface area contributed by atoms with Crippen molar-refractivity contribution in [3.05, 3.63) is 173 Å². The van der Waals surface area contributed by atoms with E-state index in [1.165, 1.54) is 6.92 Å².